The van der Waals surface area contributed by atoms with Crippen molar-refractivity contribution in [2.24, 2.45) is 0 Å². The van der Waals surface area contributed by atoms with Crippen LogP contribution < -0.4 is 5.32 Å². The third-order valence-electron chi connectivity index (χ3n) is 2.22. The van der Waals surface area contributed by atoms with Crippen LogP contribution in [0.3, 0.4) is 0 Å². The molecule has 2 aromatic rings. The highest BCUT2D eigenvalue weighted by molar-refractivity contribution is 7.10. The molecule has 6 heteroatoms. The summed E-state index contributed by atoms with van der Waals surface area (Å²) in [5.74, 6) is -0.410. The van der Waals surface area contributed by atoms with Crippen molar-refractivity contribution in [2.45, 2.75) is 6.42 Å². The van der Waals surface area contributed by atoms with E-state index >= 15 is 0 Å². The van der Waals surface area contributed by atoms with Crippen molar-refractivity contribution < 1.29 is 9.90 Å². The Morgan fingerprint density at radius 1 is 1.39 bits per heavy atom. The van der Waals surface area contributed by atoms with Crippen LogP contribution in [0.25, 0.3) is 0 Å². The Morgan fingerprint density at radius 3 is 2.83 bits per heavy atom. The lowest BCUT2D eigenvalue weighted by Gasteiger charge is -2.08. The van der Waals surface area contributed by atoms with Gasteiger partial charge in [0.05, 0.1) is 17.1 Å². The zero-order valence-electron chi connectivity index (χ0n) is 9.11. The first-order valence-electron chi connectivity index (χ1n) is 5.06. The third kappa shape index (κ3) is 3.16. The topological polar surface area (TPSA) is 49.3 Å². The first-order valence-corrected chi connectivity index (χ1v) is 6.70. The van der Waals surface area contributed by atoms with Crippen LogP contribution in [0.1, 0.15) is 4.88 Å². The summed E-state index contributed by atoms with van der Waals surface area (Å²) in [5, 5.41) is 14.6. The molecule has 1 aromatic carbocycles. The van der Waals surface area contributed by atoms with E-state index in [1.807, 2.05) is 17.5 Å². The van der Waals surface area contributed by atoms with Crippen LogP contribution in [0.4, 0.5) is 5.69 Å². The number of amides is 1. The summed E-state index contributed by atoms with van der Waals surface area (Å²) in [6, 6.07) is 6.61. The van der Waals surface area contributed by atoms with Crippen molar-refractivity contribution in [1.29, 1.82) is 0 Å². The van der Waals surface area contributed by atoms with E-state index in [1.165, 1.54) is 23.5 Å². The number of carbonyl (C=O) groups is 1. The molecule has 1 amide bonds. The summed E-state index contributed by atoms with van der Waals surface area (Å²) in [6.45, 7) is 0. The smallest absolute Gasteiger partial charge is 0.229 e. The predicted molar refractivity (Wildman–Crippen MR) is 74.8 cm³/mol. The number of benzene rings is 1. The average Bonchev–Trinajstić information content (AvgIpc) is 2.77. The van der Waals surface area contributed by atoms with Crippen molar-refractivity contribution >= 4 is 46.1 Å². The largest absolute Gasteiger partial charge is 0.504 e. The molecule has 1 heterocycles. The van der Waals surface area contributed by atoms with Gasteiger partial charge in [0.25, 0.3) is 0 Å². The van der Waals surface area contributed by atoms with Gasteiger partial charge in [-0.05, 0) is 23.6 Å². The predicted octanol–water partition coefficient (Wildman–Crippen LogP) is 3.94. The lowest BCUT2D eigenvalue weighted by atomic mass is 10.2. The maximum Gasteiger partial charge on any atom is 0.229 e. The van der Waals surface area contributed by atoms with Crippen LogP contribution >= 0.6 is 34.5 Å². The number of hydrogen-bond donors (Lipinski definition) is 2. The summed E-state index contributed by atoms with van der Waals surface area (Å²) < 4.78 is 0. The van der Waals surface area contributed by atoms with E-state index in [0.29, 0.717) is 5.02 Å². The highest BCUT2D eigenvalue weighted by Gasteiger charge is 2.11. The minimum absolute atomic E-state index is 0.105. The van der Waals surface area contributed by atoms with Crippen molar-refractivity contribution in [3.63, 3.8) is 0 Å². The molecule has 0 saturated carbocycles. The molecule has 3 nitrogen and oxygen atoms in total. The lowest BCUT2D eigenvalue weighted by Crippen LogP contribution is -2.13. The summed E-state index contributed by atoms with van der Waals surface area (Å²) in [4.78, 5) is 12.7. The number of carbonyl (C=O) groups excluding carboxylic acids is 1. The Hall–Kier alpha value is -1.23. The molecular formula is C12H9Cl2NO2S. The van der Waals surface area contributed by atoms with E-state index in [-0.39, 0.29) is 28.8 Å². The van der Waals surface area contributed by atoms with Gasteiger partial charge in [-0.1, -0.05) is 29.3 Å². The number of phenolic OH excluding ortho intramolecular Hbond substituents is 1. The highest BCUT2D eigenvalue weighted by Crippen LogP contribution is 2.35. The van der Waals surface area contributed by atoms with Gasteiger partial charge < -0.3 is 10.4 Å². The Kier molecular flexibility index (Phi) is 4.11. The fraction of sp³-hybridized carbons (Fsp3) is 0.0833. The second-order valence-corrected chi connectivity index (χ2v) is 5.46. The molecule has 0 aliphatic rings. The summed E-state index contributed by atoms with van der Waals surface area (Å²) in [5.41, 5.74) is 0.217. The molecule has 1 aromatic heterocycles. The second kappa shape index (κ2) is 5.61. The number of halogens is 2. The van der Waals surface area contributed by atoms with Crippen LogP contribution in [0, 0.1) is 0 Å². The van der Waals surface area contributed by atoms with E-state index < -0.39 is 0 Å². The SMILES string of the molecule is O=C(Cc1cccs1)Nc1cc(Cl)cc(Cl)c1O. The van der Waals surface area contributed by atoms with Crippen molar-refractivity contribution in [2.75, 3.05) is 5.32 Å². The van der Waals surface area contributed by atoms with Crippen LogP contribution in [0.15, 0.2) is 29.6 Å². The molecule has 94 valence electrons. The van der Waals surface area contributed by atoms with Crippen molar-refractivity contribution in [3.8, 4) is 5.75 Å². The minimum Gasteiger partial charge on any atom is -0.504 e. The monoisotopic (exact) mass is 301 g/mol. The molecule has 0 atom stereocenters. The van der Waals surface area contributed by atoms with Gasteiger partial charge in [-0.25, -0.2) is 0 Å². The van der Waals surface area contributed by atoms with E-state index in [0.717, 1.165) is 4.88 Å². The zero-order chi connectivity index (χ0) is 13.1. The highest BCUT2D eigenvalue weighted by atomic mass is 35.5. The normalized spacial score (nSPS) is 10.3. The fourth-order valence-corrected chi connectivity index (χ4v) is 2.62. The third-order valence-corrected chi connectivity index (χ3v) is 3.60. The number of hydrogen-bond acceptors (Lipinski definition) is 3. The first kappa shape index (κ1) is 13.2. The molecule has 0 radical (unpaired) electrons. The maximum atomic E-state index is 11.8. The van der Waals surface area contributed by atoms with Gasteiger partial charge in [-0.2, -0.15) is 0 Å². The molecule has 2 rings (SSSR count). The summed E-state index contributed by atoms with van der Waals surface area (Å²) >= 11 is 13.1. The molecule has 0 fully saturated rings. The zero-order valence-corrected chi connectivity index (χ0v) is 11.4. The fourth-order valence-electron chi connectivity index (χ4n) is 1.43. The summed E-state index contributed by atoms with van der Waals surface area (Å²) in [7, 11) is 0. The molecule has 0 unspecified atom stereocenters. The molecule has 0 saturated heterocycles. The van der Waals surface area contributed by atoms with E-state index in [9.17, 15) is 9.90 Å². The van der Waals surface area contributed by atoms with Gasteiger partial charge in [0.15, 0.2) is 5.75 Å². The number of nitrogens with one attached hydrogen (secondary N) is 1. The van der Waals surface area contributed by atoms with Gasteiger partial charge in [-0.15, -0.1) is 11.3 Å². The number of rotatable bonds is 3. The number of thiophene rings is 1. The van der Waals surface area contributed by atoms with Gasteiger partial charge in [-0.3, -0.25) is 4.79 Å². The molecule has 2 N–H and O–H groups in total. The number of aromatic hydroxyl groups is 1. The van der Waals surface area contributed by atoms with Crippen LogP contribution in [-0.4, -0.2) is 11.0 Å². The van der Waals surface area contributed by atoms with Crippen LogP contribution in [-0.2, 0) is 11.2 Å². The van der Waals surface area contributed by atoms with E-state index in [4.69, 9.17) is 23.2 Å². The lowest BCUT2D eigenvalue weighted by molar-refractivity contribution is -0.115. The quantitative estimate of drug-likeness (QED) is 0.844. The Balaban J connectivity index is 2.12. The second-order valence-electron chi connectivity index (χ2n) is 3.59. The van der Waals surface area contributed by atoms with Gasteiger partial charge in [0, 0.05) is 9.90 Å². The van der Waals surface area contributed by atoms with Crippen LogP contribution in [0.5, 0.6) is 5.75 Å². The van der Waals surface area contributed by atoms with Crippen molar-refractivity contribution in [3.05, 3.63) is 44.6 Å². The van der Waals surface area contributed by atoms with E-state index in [2.05, 4.69) is 5.32 Å². The molecule has 0 aliphatic carbocycles. The number of anilines is 1. The minimum atomic E-state index is -0.230. The van der Waals surface area contributed by atoms with Gasteiger partial charge in [0.1, 0.15) is 0 Å². The average molecular weight is 302 g/mol. The molecule has 0 bridgehead atoms. The number of phenols is 1. The Morgan fingerprint density at radius 2 is 2.17 bits per heavy atom. The van der Waals surface area contributed by atoms with Gasteiger partial charge >= 0.3 is 0 Å². The molecule has 0 aliphatic heterocycles. The van der Waals surface area contributed by atoms with Crippen LogP contribution in [0.2, 0.25) is 10.0 Å². The summed E-state index contributed by atoms with van der Waals surface area (Å²) in [6.07, 6.45) is 0.251. The standard InChI is InChI=1S/C12H9Cl2NO2S/c13-7-4-9(14)12(17)10(5-7)15-11(16)6-8-2-1-3-18-8/h1-5,17H,6H2,(H,15,16). The molecular weight excluding hydrogens is 293 g/mol. The van der Waals surface area contributed by atoms with Gasteiger partial charge in [0.2, 0.25) is 5.91 Å². The van der Waals surface area contributed by atoms with E-state index in [1.54, 1.807) is 0 Å². The first-order chi connectivity index (χ1) is 8.56. The Bertz CT molecular complexity index is 570. The van der Waals surface area contributed by atoms with Crippen molar-refractivity contribution in [1.82, 2.24) is 0 Å². The molecule has 18 heavy (non-hydrogen) atoms. The maximum absolute atomic E-state index is 11.8. The molecule has 0 spiro atoms. The Labute approximate surface area is 118 Å².